The van der Waals surface area contributed by atoms with E-state index in [4.69, 9.17) is 4.42 Å². The van der Waals surface area contributed by atoms with Crippen molar-refractivity contribution in [2.24, 2.45) is 0 Å². The molecule has 2 rings (SSSR count). The number of rotatable bonds is 7. The van der Waals surface area contributed by atoms with Crippen molar-refractivity contribution in [3.8, 4) is 0 Å². The molecular formula is C14H25N3O3S. The summed E-state index contributed by atoms with van der Waals surface area (Å²) in [5.41, 5.74) is 0.712. The topological polar surface area (TPSA) is 74.6 Å². The standard InChI is InChI=1S/C14H25N3O3S/c1-11-13(10-15-3)14(12(2)20-11)21(18,19)16-6-9-17-7-4-5-8-17/h15-16H,4-10H2,1-3H3. The fourth-order valence-electron chi connectivity index (χ4n) is 2.86. The van der Waals surface area contributed by atoms with Crippen molar-refractivity contribution >= 4 is 10.0 Å². The van der Waals surface area contributed by atoms with Crippen LogP contribution < -0.4 is 10.0 Å². The Bertz CT molecular complexity index is 575. The highest BCUT2D eigenvalue weighted by molar-refractivity contribution is 7.89. The van der Waals surface area contributed by atoms with Crippen LogP contribution in [0.15, 0.2) is 9.31 Å². The van der Waals surface area contributed by atoms with Crippen LogP contribution in [0.4, 0.5) is 0 Å². The molecule has 0 spiro atoms. The number of nitrogens with zero attached hydrogens (tertiary/aromatic N) is 1. The first-order chi connectivity index (χ1) is 9.95. The number of likely N-dealkylation sites (tertiary alicyclic amines) is 1. The molecule has 1 aromatic heterocycles. The molecule has 0 atom stereocenters. The summed E-state index contributed by atoms with van der Waals surface area (Å²) in [6.45, 7) is 7.30. The fourth-order valence-corrected chi connectivity index (χ4v) is 4.32. The summed E-state index contributed by atoms with van der Waals surface area (Å²) in [7, 11) is -1.73. The predicted octanol–water partition coefficient (Wildman–Crippen LogP) is 0.990. The SMILES string of the molecule is CNCc1c(C)oc(C)c1S(=O)(=O)NCCN1CCCC1. The molecule has 1 aliphatic rings. The Balaban J connectivity index is 2.07. The van der Waals surface area contributed by atoms with E-state index in [1.165, 1.54) is 12.8 Å². The van der Waals surface area contributed by atoms with Gasteiger partial charge in [-0.3, -0.25) is 0 Å². The first-order valence-electron chi connectivity index (χ1n) is 7.41. The van der Waals surface area contributed by atoms with Gasteiger partial charge in [0.1, 0.15) is 16.4 Å². The van der Waals surface area contributed by atoms with Gasteiger partial charge in [0.05, 0.1) is 0 Å². The second-order valence-electron chi connectivity index (χ2n) is 5.50. The third-order valence-electron chi connectivity index (χ3n) is 3.87. The maximum atomic E-state index is 12.5. The van der Waals surface area contributed by atoms with Crippen LogP contribution >= 0.6 is 0 Å². The minimum atomic E-state index is -3.53. The highest BCUT2D eigenvalue weighted by Gasteiger charge is 2.26. The molecule has 0 unspecified atom stereocenters. The summed E-state index contributed by atoms with van der Waals surface area (Å²) < 4.78 is 33.2. The normalized spacial score (nSPS) is 16.7. The zero-order valence-corrected chi connectivity index (χ0v) is 13.8. The van der Waals surface area contributed by atoms with E-state index in [9.17, 15) is 8.42 Å². The van der Waals surface area contributed by atoms with E-state index < -0.39 is 10.0 Å². The molecule has 1 fully saturated rings. The lowest BCUT2D eigenvalue weighted by Crippen LogP contribution is -2.34. The van der Waals surface area contributed by atoms with Crippen LogP contribution in [0.1, 0.15) is 29.9 Å². The average Bonchev–Trinajstić information content (AvgIpc) is 2.99. The maximum Gasteiger partial charge on any atom is 0.244 e. The molecule has 0 radical (unpaired) electrons. The maximum absolute atomic E-state index is 12.5. The van der Waals surface area contributed by atoms with Crippen LogP contribution in [0.2, 0.25) is 0 Å². The van der Waals surface area contributed by atoms with Gasteiger partial charge in [-0.2, -0.15) is 0 Å². The fraction of sp³-hybridized carbons (Fsp3) is 0.714. The second kappa shape index (κ2) is 6.91. The van der Waals surface area contributed by atoms with Gasteiger partial charge in [-0.15, -0.1) is 0 Å². The van der Waals surface area contributed by atoms with Gasteiger partial charge in [0, 0.05) is 25.2 Å². The molecule has 7 heteroatoms. The number of furan rings is 1. The van der Waals surface area contributed by atoms with Gasteiger partial charge < -0.3 is 14.6 Å². The summed E-state index contributed by atoms with van der Waals surface area (Å²) in [5, 5.41) is 2.99. The van der Waals surface area contributed by atoms with Gasteiger partial charge >= 0.3 is 0 Å². The smallest absolute Gasteiger partial charge is 0.244 e. The van der Waals surface area contributed by atoms with Crippen molar-refractivity contribution < 1.29 is 12.8 Å². The third kappa shape index (κ3) is 3.85. The highest BCUT2D eigenvalue weighted by Crippen LogP contribution is 2.26. The summed E-state index contributed by atoms with van der Waals surface area (Å²) in [4.78, 5) is 2.57. The van der Waals surface area contributed by atoms with Crippen LogP contribution in [0.25, 0.3) is 0 Å². The Morgan fingerprint density at radius 1 is 1.19 bits per heavy atom. The zero-order chi connectivity index (χ0) is 15.5. The zero-order valence-electron chi connectivity index (χ0n) is 13.0. The van der Waals surface area contributed by atoms with Crippen molar-refractivity contribution in [3.05, 3.63) is 17.1 Å². The monoisotopic (exact) mass is 315 g/mol. The van der Waals surface area contributed by atoms with Crippen LogP contribution in [0.3, 0.4) is 0 Å². The number of aryl methyl sites for hydroxylation is 2. The predicted molar refractivity (Wildman–Crippen MR) is 81.8 cm³/mol. The molecule has 2 N–H and O–H groups in total. The number of nitrogens with one attached hydrogen (secondary N) is 2. The molecule has 0 bridgehead atoms. The first-order valence-corrected chi connectivity index (χ1v) is 8.89. The van der Waals surface area contributed by atoms with Crippen LogP contribution in [-0.4, -0.2) is 46.5 Å². The third-order valence-corrected chi connectivity index (χ3v) is 5.52. The van der Waals surface area contributed by atoms with Crippen molar-refractivity contribution in [2.75, 3.05) is 33.2 Å². The molecule has 2 heterocycles. The number of sulfonamides is 1. The van der Waals surface area contributed by atoms with E-state index in [1.807, 2.05) is 0 Å². The Hall–Kier alpha value is -0.890. The molecule has 0 saturated carbocycles. The molecule has 21 heavy (non-hydrogen) atoms. The van der Waals surface area contributed by atoms with Crippen molar-refractivity contribution in [1.82, 2.24) is 14.9 Å². The van der Waals surface area contributed by atoms with Crippen LogP contribution in [-0.2, 0) is 16.6 Å². The van der Waals surface area contributed by atoms with Gasteiger partial charge in [-0.05, 0) is 46.8 Å². The summed E-state index contributed by atoms with van der Waals surface area (Å²) in [6.07, 6.45) is 2.41. The first kappa shape index (κ1) is 16.5. The van der Waals surface area contributed by atoms with Gasteiger partial charge in [0.25, 0.3) is 0 Å². The van der Waals surface area contributed by atoms with E-state index >= 15 is 0 Å². The van der Waals surface area contributed by atoms with Crippen LogP contribution in [0, 0.1) is 13.8 Å². The highest BCUT2D eigenvalue weighted by atomic mass is 32.2. The lowest BCUT2D eigenvalue weighted by Gasteiger charge is -2.15. The molecule has 1 saturated heterocycles. The van der Waals surface area contributed by atoms with E-state index in [-0.39, 0.29) is 4.90 Å². The molecule has 0 aliphatic carbocycles. The van der Waals surface area contributed by atoms with Crippen LogP contribution in [0.5, 0.6) is 0 Å². The van der Waals surface area contributed by atoms with E-state index in [1.54, 1.807) is 20.9 Å². The summed E-state index contributed by atoms with van der Waals surface area (Å²) >= 11 is 0. The van der Waals surface area contributed by atoms with Gasteiger partial charge in [0.2, 0.25) is 10.0 Å². The lowest BCUT2D eigenvalue weighted by atomic mass is 10.2. The Labute approximate surface area is 126 Å². The number of hydrogen-bond acceptors (Lipinski definition) is 5. The Kier molecular flexibility index (Phi) is 5.43. The summed E-state index contributed by atoms with van der Waals surface area (Å²) in [6, 6.07) is 0. The van der Waals surface area contributed by atoms with E-state index in [2.05, 4.69) is 14.9 Å². The van der Waals surface area contributed by atoms with Crippen molar-refractivity contribution in [3.63, 3.8) is 0 Å². The van der Waals surface area contributed by atoms with Gasteiger partial charge in [-0.1, -0.05) is 0 Å². The Morgan fingerprint density at radius 2 is 1.86 bits per heavy atom. The quantitative estimate of drug-likeness (QED) is 0.785. The molecule has 0 aromatic carbocycles. The van der Waals surface area contributed by atoms with Crippen molar-refractivity contribution in [2.45, 2.75) is 38.1 Å². The van der Waals surface area contributed by atoms with Gasteiger partial charge in [0.15, 0.2) is 0 Å². The van der Waals surface area contributed by atoms with Crippen molar-refractivity contribution in [1.29, 1.82) is 0 Å². The Morgan fingerprint density at radius 3 is 2.48 bits per heavy atom. The van der Waals surface area contributed by atoms with Gasteiger partial charge in [-0.25, -0.2) is 13.1 Å². The summed E-state index contributed by atoms with van der Waals surface area (Å²) in [5.74, 6) is 1.10. The molecule has 1 aromatic rings. The molecule has 0 amide bonds. The second-order valence-corrected chi connectivity index (χ2v) is 7.20. The number of hydrogen-bond donors (Lipinski definition) is 2. The van der Waals surface area contributed by atoms with E-state index in [0.717, 1.165) is 19.6 Å². The van der Waals surface area contributed by atoms with E-state index in [0.29, 0.717) is 30.2 Å². The molecule has 6 nitrogen and oxygen atoms in total. The average molecular weight is 315 g/mol. The largest absolute Gasteiger partial charge is 0.465 e. The molecule has 120 valence electrons. The molecule has 1 aliphatic heterocycles. The minimum Gasteiger partial charge on any atom is -0.465 e. The lowest BCUT2D eigenvalue weighted by molar-refractivity contribution is 0.344. The minimum absolute atomic E-state index is 0.288. The molecular weight excluding hydrogens is 290 g/mol.